The van der Waals surface area contributed by atoms with Crippen molar-refractivity contribution in [3.63, 3.8) is 0 Å². The lowest BCUT2D eigenvalue weighted by molar-refractivity contribution is 0.0928. The monoisotopic (exact) mass is 338 g/mol. The predicted octanol–water partition coefficient (Wildman–Crippen LogP) is 3.85. The van der Waals surface area contributed by atoms with Crippen molar-refractivity contribution >= 4 is 11.7 Å². The molecule has 132 valence electrons. The minimum Gasteiger partial charge on any atom is -0.366 e. The Bertz CT molecular complexity index is 708. The molecule has 0 saturated heterocycles. The van der Waals surface area contributed by atoms with Gasteiger partial charge in [0, 0.05) is 18.7 Å². The Labute approximate surface area is 149 Å². The average molecular weight is 338 g/mol. The zero-order chi connectivity index (χ0) is 17.5. The van der Waals surface area contributed by atoms with Gasteiger partial charge in [-0.2, -0.15) is 0 Å². The number of aromatic nitrogens is 2. The molecule has 0 spiro atoms. The van der Waals surface area contributed by atoms with Crippen LogP contribution in [0.2, 0.25) is 0 Å². The van der Waals surface area contributed by atoms with Crippen LogP contribution in [0, 0.1) is 6.92 Å². The van der Waals surface area contributed by atoms with E-state index in [1.54, 1.807) is 6.07 Å². The summed E-state index contributed by atoms with van der Waals surface area (Å²) < 4.78 is 0. The molecule has 1 fully saturated rings. The van der Waals surface area contributed by atoms with E-state index in [2.05, 4.69) is 39.7 Å². The molecule has 1 aromatic heterocycles. The van der Waals surface area contributed by atoms with E-state index < -0.39 is 0 Å². The number of rotatable bonds is 5. The third-order valence-electron chi connectivity index (χ3n) is 4.81. The quantitative estimate of drug-likeness (QED) is 0.813. The van der Waals surface area contributed by atoms with Crippen molar-refractivity contribution in [2.75, 3.05) is 5.32 Å². The molecule has 0 bridgehead atoms. The number of hydrogen-bond donors (Lipinski definition) is 2. The molecule has 1 aliphatic carbocycles. The van der Waals surface area contributed by atoms with Gasteiger partial charge in [-0.25, -0.2) is 9.97 Å². The van der Waals surface area contributed by atoms with Crippen molar-refractivity contribution in [2.24, 2.45) is 0 Å². The Morgan fingerprint density at radius 1 is 1.12 bits per heavy atom. The van der Waals surface area contributed by atoms with Crippen LogP contribution in [0.4, 0.5) is 5.82 Å². The van der Waals surface area contributed by atoms with Crippen LogP contribution in [0.15, 0.2) is 36.7 Å². The third-order valence-corrected chi connectivity index (χ3v) is 4.81. The van der Waals surface area contributed by atoms with E-state index in [0.717, 1.165) is 12.8 Å². The van der Waals surface area contributed by atoms with Crippen LogP contribution in [0.1, 0.15) is 60.1 Å². The van der Waals surface area contributed by atoms with Crippen LogP contribution < -0.4 is 10.6 Å². The molecule has 5 heteroatoms. The van der Waals surface area contributed by atoms with Crippen molar-refractivity contribution in [3.8, 4) is 0 Å². The molecule has 2 aromatic rings. The minimum absolute atomic E-state index is 0.103. The summed E-state index contributed by atoms with van der Waals surface area (Å²) in [5.74, 6) is 0.567. The second-order valence-corrected chi connectivity index (χ2v) is 6.73. The van der Waals surface area contributed by atoms with Crippen LogP contribution in [0.3, 0.4) is 0 Å². The van der Waals surface area contributed by atoms with Gasteiger partial charge >= 0.3 is 0 Å². The normalized spacial score (nSPS) is 15.4. The van der Waals surface area contributed by atoms with Crippen LogP contribution in [0.25, 0.3) is 0 Å². The van der Waals surface area contributed by atoms with E-state index in [9.17, 15) is 4.79 Å². The fourth-order valence-corrected chi connectivity index (χ4v) is 3.26. The lowest BCUT2D eigenvalue weighted by atomic mass is 10.1. The maximum absolute atomic E-state index is 12.5. The SMILES string of the molecule is Cc1ccccc1CNc1cc(C(=O)NC2CCCCCC2)ncn1. The Morgan fingerprint density at radius 3 is 2.64 bits per heavy atom. The molecule has 0 atom stereocenters. The number of carbonyl (C=O) groups is 1. The van der Waals surface area contributed by atoms with E-state index in [1.165, 1.54) is 43.1 Å². The first-order valence-electron chi connectivity index (χ1n) is 9.13. The molecule has 5 nitrogen and oxygen atoms in total. The fraction of sp³-hybridized carbons (Fsp3) is 0.450. The largest absolute Gasteiger partial charge is 0.366 e. The second-order valence-electron chi connectivity index (χ2n) is 6.73. The van der Waals surface area contributed by atoms with Gasteiger partial charge in [-0.3, -0.25) is 4.79 Å². The number of benzene rings is 1. The topological polar surface area (TPSA) is 66.9 Å². The number of hydrogen-bond acceptors (Lipinski definition) is 4. The molecule has 1 amide bonds. The van der Waals surface area contributed by atoms with Crippen LogP contribution in [0.5, 0.6) is 0 Å². The van der Waals surface area contributed by atoms with Gasteiger partial charge in [0.2, 0.25) is 0 Å². The van der Waals surface area contributed by atoms with E-state index >= 15 is 0 Å². The molecule has 25 heavy (non-hydrogen) atoms. The van der Waals surface area contributed by atoms with E-state index in [1.807, 2.05) is 12.1 Å². The first-order chi connectivity index (χ1) is 12.2. The summed E-state index contributed by atoms with van der Waals surface area (Å²) in [6.45, 7) is 2.76. The molecule has 2 N–H and O–H groups in total. The Kier molecular flexibility index (Phi) is 5.99. The van der Waals surface area contributed by atoms with Gasteiger partial charge < -0.3 is 10.6 Å². The average Bonchev–Trinajstić information content (AvgIpc) is 2.90. The van der Waals surface area contributed by atoms with Crippen LogP contribution in [-0.2, 0) is 6.54 Å². The maximum Gasteiger partial charge on any atom is 0.270 e. The highest BCUT2D eigenvalue weighted by Crippen LogP contribution is 2.18. The van der Waals surface area contributed by atoms with Gasteiger partial charge in [-0.1, -0.05) is 49.9 Å². The van der Waals surface area contributed by atoms with E-state index in [-0.39, 0.29) is 11.9 Å². The van der Waals surface area contributed by atoms with Gasteiger partial charge in [0.15, 0.2) is 0 Å². The molecule has 1 saturated carbocycles. The van der Waals surface area contributed by atoms with Gasteiger partial charge in [-0.05, 0) is 30.9 Å². The van der Waals surface area contributed by atoms with Crippen molar-refractivity contribution in [1.29, 1.82) is 0 Å². The lowest BCUT2D eigenvalue weighted by Crippen LogP contribution is -2.34. The Balaban J connectivity index is 1.60. The Morgan fingerprint density at radius 2 is 1.88 bits per heavy atom. The standard InChI is InChI=1S/C20H26N4O/c1-15-8-6-7-9-16(15)13-21-19-12-18(22-14-23-19)20(25)24-17-10-4-2-3-5-11-17/h6-9,12,14,17H,2-5,10-11,13H2,1H3,(H,24,25)(H,21,22,23). The first-order valence-corrected chi connectivity index (χ1v) is 9.13. The summed E-state index contributed by atoms with van der Waals surface area (Å²) in [5, 5.41) is 6.41. The summed E-state index contributed by atoms with van der Waals surface area (Å²) in [6.07, 6.45) is 8.50. The molecule has 3 rings (SSSR count). The summed E-state index contributed by atoms with van der Waals surface area (Å²) in [6, 6.07) is 10.2. The molecule has 1 heterocycles. The van der Waals surface area contributed by atoms with Crippen LogP contribution >= 0.6 is 0 Å². The minimum atomic E-state index is -0.103. The molecule has 1 aliphatic rings. The molecule has 0 aliphatic heterocycles. The van der Waals surface area contributed by atoms with Gasteiger partial charge in [0.1, 0.15) is 17.8 Å². The van der Waals surface area contributed by atoms with Gasteiger partial charge in [-0.15, -0.1) is 0 Å². The van der Waals surface area contributed by atoms with Crippen molar-refractivity contribution in [1.82, 2.24) is 15.3 Å². The molecule has 0 unspecified atom stereocenters. The number of carbonyl (C=O) groups excluding carboxylic acids is 1. The maximum atomic E-state index is 12.5. The third kappa shape index (κ3) is 5.02. The summed E-state index contributed by atoms with van der Waals surface area (Å²) in [5.41, 5.74) is 2.87. The summed E-state index contributed by atoms with van der Waals surface area (Å²) in [7, 11) is 0. The second kappa shape index (κ2) is 8.60. The number of nitrogens with one attached hydrogen (secondary N) is 2. The Hall–Kier alpha value is -2.43. The zero-order valence-electron chi connectivity index (χ0n) is 14.8. The molecular weight excluding hydrogens is 312 g/mol. The highest BCUT2D eigenvalue weighted by atomic mass is 16.1. The number of amides is 1. The molecular formula is C20H26N4O. The fourth-order valence-electron chi connectivity index (χ4n) is 3.26. The number of anilines is 1. The van der Waals surface area contributed by atoms with Gasteiger partial charge in [0.05, 0.1) is 0 Å². The summed E-state index contributed by atoms with van der Waals surface area (Å²) in [4.78, 5) is 20.8. The van der Waals surface area contributed by atoms with Crippen molar-refractivity contribution in [2.45, 2.75) is 58.0 Å². The highest BCUT2D eigenvalue weighted by molar-refractivity contribution is 5.93. The smallest absolute Gasteiger partial charge is 0.270 e. The molecule has 1 aromatic carbocycles. The highest BCUT2D eigenvalue weighted by Gasteiger charge is 2.17. The van der Waals surface area contributed by atoms with Gasteiger partial charge in [0.25, 0.3) is 5.91 Å². The van der Waals surface area contributed by atoms with E-state index in [0.29, 0.717) is 18.1 Å². The summed E-state index contributed by atoms with van der Waals surface area (Å²) >= 11 is 0. The lowest BCUT2D eigenvalue weighted by Gasteiger charge is -2.16. The first kappa shape index (κ1) is 17.4. The van der Waals surface area contributed by atoms with E-state index in [4.69, 9.17) is 0 Å². The van der Waals surface area contributed by atoms with Crippen LogP contribution in [-0.4, -0.2) is 21.9 Å². The predicted molar refractivity (Wildman–Crippen MR) is 99.5 cm³/mol. The zero-order valence-corrected chi connectivity index (χ0v) is 14.8. The molecule has 0 radical (unpaired) electrons. The van der Waals surface area contributed by atoms with Crippen molar-refractivity contribution < 1.29 is 4.79 Å². The number of nitrogens with zero attached hydrogens (tertiary/aromatic N) is 2. The number of aryl methyl sites for hydroxylation is 1. The van der Waals surface area contributed by atoms with Crippen molar-refractivity contribution in [3.05, 3.63) is 53.5 Å².